The van der Waals surface area contributed by atoms with Gasteiger partial charge in [0.2, 0.25) is 0 Å². The molecule has 0 aliphatic carbocycles. The highest BCUT2D eigenvalue weighted by Gasteiger charge is 2.25. The smallest absolute Gasteiger partial charge is 0.256 e. The fourth-order valence-corrected chi connectivity index (χ4v) is 4.88. The summed E-state index contributed by atoms with van der Waals surface area (Å²) in [4.78, 5) is 21.4. The van der Waals surface area contributed by atoms with Gasteiger partial charge in [-0.05, 0) is 55.8 Å². The van der Waals surface area contributed by atoms with Crippen molar-refractivity contribution in [3.05, 3.63) is 90.8 Å². The molecule has 1 amide bonds. The van der Waals surface area contributed by atoms with E-state index in [4.69, 9.17) is 10.8 Å². The Morgan fingerprint density at radius 1 is 1.00 bits per heavy atom. The molecule has 1 aliphatic heterocycles. The third kappa shape index (κ3) is 5.41. The molecule has 9 nitrogen and oxygen atoms in total. The summed E-state index contributed by atoms with van der Waals surface area (Å²) in [5.74, 6) is 0.694. The van der Waals surface area contributed by atoms with Crippen LogP contribution in [0, 0.1) is 0 Å². The fourth-order valence-electron chi connectivity index (χ4n) is 4.88. The first-order valence-corrected chi connectivity index (χ1v) is 12.7. The van der Waals surface area contributed by atoms with Crippen molar-refractivity contribution >= 4 is 52.2 Å². The third-order valence-electron chi connectivity index (χ3n) is 6.75. The summed E-state index contributed by atoms with van der Waals surface area (Å²) in [7, 11) is 0. The van der Waals surface area contributed by atoms with Gasteiger partial charge < -0.3 is 21.7 Å². The van der Waals surface area contributed by atoms with Crippen LogP contribution in [0.3, 0.4) is 0 Å². The first-order chi connectivity index (χ1) is 18.7. The second-order valence-electron chi connectivity index (χ2n) is 9.31. The molecule has 0 saturated carbocycles. The molecule has 0 radical (unpaired) electrons. The quantitative estimate of drug-likeness (QED) is 0.227. The van der Waals surface area contributed by atoms with Crippen LogP contribution >= 0.6 is 12.4 Å². The Kier molecular flexibility index (Phi) is 7.72. The van der Waals surface area contributed by atoms with Crippen LogP contribution in [-0.4, -0.2) is 38.7 Å². The molecule has 1 fully saturated rings. The average Bonchev–Trinajstić information content (AvgIpc) is 3.38. The summed E-state index contributed by atoms with van der Waals surface area (Å²) in [6, 6.07) is 22.9. The van der Waals surface area contributed by atoms with Gasteiger partial charge in [0.15, 0.2) is 0 Å². The van der Waals surface area contributed by atoms with Gasteiger partial charge in [0.1, 0.15) is 17.3 Å². The summed E-state index contributed by atoms with van der Waals surface area (Å²) in [6.45, 7) is 1.83. The van der Waals surface area contributed by atoms with Gasteiger partial charge in [-0.25, -0.2) is 9.97 Å². The highest BCUT2D eigenvalue weighted by Crippen LogP contribution is 2.38. The lowest BCUT2D eigenvalue weighted by Gasteiger charge is -2.24. The molecule has 5 aromatic rings. The number of carbonyl (C=O) groups excluding carboxylic acids is 1. The van der Waals surface area contributed by atoms with Gasteiger partial charge in [-0.2, -0.15) is 5.10 Å². The van der Waals surface area contributed by atoms with Crippen LogP contribution in [0.2, 0.25) is 0 Å². The Hall–Kier alpha value is -4.47. The number of carbonyl (C=O) groups is 1. The number of halogens is 1. The molecule has 1 unspecified atom stereocenters. The number of anilines is 4. The van der Waals surface area contributed by atoms with Crippen LogP contribution in [0.15, 0.2) is 85.2 Å². The van der Waals surface area contributed by atoms with Crippen LogP contribution in [0.5, 0.6) is 0 Å². The zero-order valence-electron chi connectivity index (χ0n) is 21.2. The summed E-state index contributed by atoms with van der Waals surface area (Å²) in [5, 5.41) is 15.7. The van der Waals surface area contributed by atoms with Crippen molar-refractivity contribution in [3.8, 4) is 11.3 Å². The predicted molar refractivity (Wildman–Crippen MR) is 158 cm³/mol. The molecule has 0 bridgehead atoms. The molecule has 198 valence electrons. The van der Waals surface area contributed by atoms with E-state index < -0.39 is 0 Å². The van der Waals surface area contributed by atoms with Crippen LogP contribution in [0.25, 0.3) is 22.2 Å². The van der Waals surface area contributed by atoms with E-state index in [1.54, 1.807) is 36.7 Å². The number of para-hydroxylation sites is 1. The molecule has 1 atom stereocenters. The van der Waals surface area contributed by atoms with E-state index in [0.717, 1.165) is 59.5 Å². The molecule has 39 heavy (non-hydrogen) atoms. The van der Waals surface area contributed by atoms with Crippen molar-refractivity contribution in [3.63, 3.8) is 0 Å². The second-order valence-corrected chi connectivity index (χ2v) is 9.31. The van der Waals surface area contributed by atoms with Crippen molar-refractivity contribution in [1.82, 2.24) is 25.1 Å². The number of rotatable bonds is 6. The number of pyridine rings is 2. The van der Waals surface area contributed by atoms with Gasteiger partial charge in [-0.15, -0.1) is 12.4 Å². The maximum absolute atomic E-state index is 12.7. The molecule has 0 spiro atoms. The van der Waals surface area contributed by atoms with Gasteiger partial charge >= 0.3 is 0 Å². The standard InChI is InChI=1S/C29H28N8O.ClH/c30-28-25-26(19-11-13-20(14-12-19)29(38)35-24-10-4-5-16-32-24)36-37(22-9-6-15-31-17-22)27(25)23(18-33-28)34-21-7-2-1-3-8-21;/h1-5,7-8,10-14,16,18,22,31,34H,6,9,15,17H2,(H2,30,33)(H,32,35,38);1H. The summed E-state index contributed by atoms with van der Waals surface area (Å²) < 4.78 is 2.09. The number of nitrogens with one attached hydrogen (secondary N) is 3. The topological polar surface area (TPSA) is 123 Å². The molecular formula is C29H29ClN8O. The maximum atomic E-state index is 12.7. The van der Waals surface area contributed by atoms with Gasteiger partial charge in [0, 0.05) is 29.6 Å². The van der Waals surface area contributed by atoms with Gasteiger partial charge in [-0.1, -0.05) is 36.4 Å². The van der Waals surface area contributed by atoms with Crippen molar-refractivity contribution < 1.29 is 4.79 Å². The number of benzene rings is 2. The normalized spacial score (nSPS) is 14.9. The molecule has 1 aliphatic rings. The third-order valence-corrected chi connectivity index (χ3v) is 6.75. The monoisotopic (exact) mass is 540 g/mol. The number of piperidine rings is 1. The van der Waals surface area contributed by atoms with Crippen molar-refractivity contribution in [2.24, 2.45) is 0 Å². The van der Waals surface area contributed by atoms with Gasteiger partial charge in [0.25, 0.3) is 5.91 Å². The Morgan fingerprint density at radius 2 is 1.79 bits per heavy atom. The van der Waals surface area contributed by atoms with E-state index in [1.165, 1.54) is 0 Å². The lowest BCUT2D eigenvalue weighted by Crippen LogP contribution is -2.32. The fraction of sp³-hybridized carbons (Fsp3) is 0.172. The Labute approximate surface area is 232 Å². The highest BCUT2D eigenvalue weighted by molar-refractivity contribution is 6.07. The highest BCUT2D eigenvalue weighted by atomic mass is 35.5. The van der Waals surface area contributed by atoms with E-state index in [9.17, 15) is 4.79 Å². The number of fused-ring (bicyclic) bond motifs is 1. The lowest BCUT2D eigenvalue weighted by atomic mass is 10.0. The van der Waals surface area contributed by atoms with E-state index in [2.05, 4.69) is 30.6 Å². The van der Waals surface area contributed by atoms with Gasteiger partial charge in [0.05, 0.1) is 28.8 Å². The molecule has 5 N–H and O–H groups in total. The van der Waals surface area contributed by atoms with E-state index in [1.807, 2.05) is 48.5 Å². The van der Waals surface area contributed by atoms with E-state index in [0.29, 0.717) is 17.2 Å². The number of amides is 1. The van der Waals surface area contributed by atoms with Crippen LogP contribution in [-0.2, 0) is 0 Å². The van der Waals surface area contributed by atoms with E-state index >= 15 is 0 Å². The molecule has 6 rings (SSSR count). The van der Waals surface area contributed by atoms with Crippen LogP contribution < -0.4 is 21.7 Å². The number of hydrogen-bond donors (Lipinski definition) is 4. The van der Waals surface area contributed by atoms with Crippen LogP contribution in [0.1, 0.15) is 29.2 Å². The molecule has 4 heterocycles. The summed E-state index contributed by atoms with van der Waals surface area (Å²) in [6.07, 6.45) is 5.50. The minimum atomic E-state index is -0.227. The lowest BCUT2D eigenvalue weighted by molar-refractivity contribution is 0.102. The number of hydrogen-bond acceptors (Lipinski definition) is 7. The van der Waals surface area contributed by atoms with Gasteiger partial charge in [-0.3, -0.25) is 9.48 Å². The van der Waals surface area contributed by atoms with Crippen molar-refractivity contribution in [2.45, 2.75) is 18.9 Å². The Balaban J connectivity index is 0.00000308. The molecule has 10 heteroatoms. The summed E-state index contributed by atoms with van der Waals surface area (Å²) in [5.41, 5.74) is 11.3. The minimum absolute atomic E-state index is 0. The number of aromatic nitrogens is 4. The zero-order chi connectivity index (χ0) is 25.9. The summed E-state index contributed by atoms with van der Waals surface area (Å²) >= 11 is 0. The van der Waals surface area contributed by atoms with Crippen molar-refractivity contribution in [2.75, 3.05) is 29.5 Å². The molecule has 2 aromatic carbocycles. The number of nitrogen functional groups attached to an aromatic ring is 1. The number of nitrogens with zero attached hydrogens (tertiary/aromatic N) is 4. The maximum Gasteiger partial charge on any atom is 0.256 e. The Bertz CT molecular complexity index is 1570. The van der Waals surface area contributed by atoms with Crippen molar-refractivity contribution in [1.29, 1.82) is 0 Å². The second kappa shape index (κ2) is 11.5. The van der Waals surface area contributed by atoms with Crippen LogP contribution in [0.4, 0.5) is 23.0 Å². The molecule has 3 aromatic heterocycles. The first-order valence-electron chi connectivity index (χ1n) is 12.7. The zero-order valence-corrected chi connectivity index (χ0v) is 22.0. The minimum Gasteiger partial charge on any atom is -0.383 e. The largest absolute Gasteiger partial charge is 0.383 e. The molecule has 1 saturated heterocycles. The Morgan fingerprint density at radius 3 is 2.51 bits per heavy atom. The predicted octanol–water partition coefficient (Wildman–Crippen LogP) is 5.42. The average molecular weight is 541 g/mol. The SMILES string of the molecule is Cl.Nc1ncc(Nc2ccccc2)c2c1c(-c1ccc(C(=O)Nc3ccccn3)cc1)nn2C1CCCNC1. The first kappa shape index (κ1) is 26.1. The number of nitrogens with two attached hydrogens (primary N) is 1. The molecular weight excluding hydrogens is 512 g/mol. The van der Waals surface area contributed by atoms with E-state index in [-0.39, 0.29) is 24.4 Å².